The van der Waals surface area contributed by atoms with Gasteiger partial charge in [-0.05, 0) is 18.6 Å². The molecule has 1 atom stereocenters. The monoisotopic (exact) mass is 392 g/mol. The summed E-state index contributed by atoms with van der Waals surface area (Å²) in [5.74, 6) is 1.12. The number of ether oxygens (including phenoxy) is 1. The molecule has 29 heavy (non-hydrogen) atoms. The Labute approximate surface area is 165 Å². The zero-order chi connectivity index (χ0) is 20.0. The Kier molecular flexibility index (Phi) is 4.04. The van der Waals surface area contributed by atoms with Crippen LogP contribution in [0.4, 0.5) is 5.95 Å². The quantitative estimate of drug-likeness (QED) is 0.543. The molecule has 1 aliphatic heterocycles. The van der Waals surface area contributed by atoms with Crippen molar-refractivity contribution in [1.82, 2.24) is 34.4 Å². The van der Waals surface area contributed by atoms with E-state index in [1.165, 1.54) is 0 Å². The fraction of sp³-hybridized carbons (Fsp3) is 0.316. The number of H-pyrrole nitrogens is 1. The van der Waals surface area contributed by atoms with Crippen molar-refractivity contribution in [3.63, 3.8) is 0 Å². The van der Waals surface area contributed by atoms with Crippen molar-refractivity contribution in [3.8, 4) is 17.0 Å². The lowest BCUT2D eigenvalue weighted by Gasteiger charge is -2.30. The summed E-state index contributed by atoms with van der Waals surface area (Å²) < 4.78 is 7.44. The summed E-state index contributed by atoms with van der Waals surface area (Å²) in [4.78, 5) is 25.8. The van der Waals surface area contributed by atoms with Gasteiger partial charge in [0.1, 0.15) is 12.0 Å². The van der Waals surface area contributed by atoms with Crippen LogP contribution < -0.4 is 10.1 Å². The normalized spacial score (nSPS) is 17.2. The fourth-order valence-electron chi connectivity index (χ4n) is 3.74. The molecule has 1 fully saturated rings. The lowest BCUT2D eigenvalue weighted by molar-refractivity contribution is -0.132. The summed E-state index contributed by atoms with van der Waals surface area (Å²) in [7, 11) is 3.41. The fourth-order valence-corrected chi connectivity index (χ4v) is 3.74. The number of aromatic nitrogens is 6. The maximum Gasteiger partial charge on any atom is 0.228 e. The number of hydrogen-bond acceptors (Lipinski definition) is 7. The average Bonchev–Trinajstić information content (AvgIpc) is 3.36. The zero-order valence-electron chi connectivity index (χ0n) is 16.1. The Bertz CT molecular complexity index is 1210. The number of nitrogens with one attached hydrogen (secondary N) is 2. The van der Waals surface area contributed by atoms with Gasteiger partial charge in [-0.15, -0.1) is 10.2 Å². The van der Waals surface area contributed by atoms with Gasteiger partial charge in [0, 0.05) is 49.6 Å². The molecule has 4 aromatic rings. The van der Waals surface area contributed by atoms with E-state index < -0.39 is 0 Å². The molecule has 148 valence electrons. The van der Waals surface area contributed by atoms with Crippen LogP contribution in [-0.2, 0) is 4.79 Å². The number of fused-ring (bicyclic) bond motifs is 2. The Morgan fingerprint density at radius 1 is 1.31 bits per heavy atom. The molecule has 10 nitrogen and oxygen atoms in total. The average molecular weight is 392 g/mol. The summed E-state index contributed by atoms with van der Waals surface area (Å²) in [5.41, 5.74) is 3.36. The second-order valence-corrected chi connectivity index (χ2v) is 7.15. The van der Waals surface area contributed by atoms with E-state index in [4.69, 9.17) is 4.74 Å². The van der Waals surface area contributed by atoms with Crippen molar-refractivity contribution < 1.29 is 9.53 Å². The molecule has 2 N–H and O–H groups in total. The number of anilines is 1. The Morgan fingerprint density at radius 2 is 2.21 bits per heavy atom. The molecule has 10 heteroatoms. The molecular weight excluding hydrogens is 372 g/mol. The topological polar surface area (TPSA) is 113 Å². The van der Waals surface area contributed by atoms with Crippen LogP contribution in [-0.4, -0.2) is 67.1 Å². The largest absolute Gasteiger partial charge is 0.480 e. The van der Waals surface area contributed by atoms with E-state index in [2.05, 4.69) is 30.5 Å². The third-order valence-electron chi connectivity index (χ3n) is 5.25. The van der Waals surface area contributed by atoms with Crippen LogP contribution in [0.5, 0.6) is 5.88 Å². The number of methoxy groups -OCH3 is 1. The third kappa shape index (κ3) is 3.02. The van der Waals surface area contributed by atoms with Gasteiger partial charge in [-0.1, -0.05) is 0 Å². The highest BCUT2D eigenvalue weighted by Crippen LogP contribution is 2.34. The zero-order valence-corrected chi connectivity index (χ0v) is 16.1. The van der Waals surface area contributed by atoms with E-state index in [1.54, 1.807) is 18.3 Å². The van der Waals surface area contributed by atoms with Crippen LogP contribution in [0.3, 0.4) is 0 Å². The highest BCUT2D eigenvalue weighted by Gasteiger charge is 2.24. The predicted octanol–water partition coefficient (Wildman–Crippen LogP) is 1.71. The van der Waals surface area contributed by atoms with Crippen LogP contribution >= 0.6 is 0 Å². The molecule has 1 amide bonds. The molecule has 0 aliphatic carbocycles. The van der Waals surface area contributed by atoms with Gasteiger partial charge >= 0.3 is 0 Å². The SMILES string of the molecule is COc1nc(N[C@@H]2CCC(=O)N(C)C2)nc2[nH]cc(-c3ccc4nncn4c3)c12. The van der Waals surface area contributed by atoms with E-state index in [1.807, 2.05) is 36.0 Å². The first-order chi connectivity index (χ1) is 14.1. The lowest BCUT2D eigenvalue weighted by Crippen LogP contribution is -2.43. The van der Waals surface area contributed by atoms with Crippen molar-refractivity contribution in [3.05, 3.63) is 30.9 Å². The predicted molar refractivity (Wildman–Crippen MR) is 107 cm³/mol. The molecule has 4 aromatic heterocycles. The molecule has 0 bridgehead atoms. The minimum absolute atomic E-state index is 0.102. The van der Waals surface area contributed by atoms with Gasteiger partial charge in [0.15, 0.2) is 5.65 Å². The summed E-state index contributed by atoms with van der Waals surface area (Å²) in [6.07, 6.45) is 6.78. The van der Waals surface area contributed by atoms with E-state index >= 15 is 0 Å². The molecular formula is C19H20N8O2. The number of amides is 1. The Hall–Kier alpha value is -3.69. The van der Waals surface area contributed by atoms with Crippen molar-refractivity contribution in [2.45, 2.75) is 18.9 Å². The molecule has 0 unspecified atom stereocenters. The van der Waals surface area contributed by atoms with E-state index in [0.29, 0.717) is 30.4 Å². The summed E-state index contributed by atoms with van der Waals surface area (Å²) >= 11 is 0. The van der Waals surface area contributed by atoms with Crippen LogP contribution in [0.1, 0.15) is 12.8 Å². The van der Waals surface area contributed by atoms with Crippen molar-refractivity contribution in [1.29, 1.82) is 0 Å². The van der Waals surface area contributed by atoms with Gasteiger partial charge in [0.2, 0.25) is 17.7 Å². The maximum absolute atomic E-state index is 11.7. The molecule has 0 saturated carbocycles. The first-order valence-corrected chi connectivity index (χ1v) is 9.36. The first kappa shape index (κ1) is 17.4. The van der Waals surface area contributed by atoms with Crippen LogP contribution in [0.15, 0.2) is 30.9 Å². The summed E-state index contributed by atoms with van der Waals surface area (Å²) in [5, 5.41) is 12.1. The number of pyridine rings is 1. The maximum atomic E-state index is 11.7. The smallest absolute Gasteiger partial charge is 0.228 e. The molecule has 0 radical (unpaired) electrons. The van der Waals surface area contributed by atoms with Gasteiger partial charge in [-0.3, -0.25) is 9.20 Å². The number of likely N-dealkylation sites (tertiary alicyclic amines) is 1. The molecule has 5 rings (SSSR count). The number of carbonyl (C=O) groups excluding carboxylic acids is 1. The van der Waals surface area contributed by atoms with Gasteiger partial charge < -0.3 is 19.9 Å². The molecule has 0 aromatic carbocycles. The van der Waals surface area contributed by atoms with Gasteiger partial charge in [-0.25, -0.2) is 0 Å². The molecule has 1 aliphatic rings. The second kappa shape index (κ2) is 6.73. The van der Waals surface area contributed by atoms with Gasteiger partial charge in [0.05, 0.1) is 12.5 Å². The van der Waals surface area contributed by atoms with E-state index in [-0.39, 0.29) is 11.9 Å². The number of aromatic amines is 1. The van der Waals surface area contributed by atoms with E-state index in [0.717, 1.165) is 28.6 Å². The Morgan fingerprint density at radius 3 is 3.03 bits per heavy atom. The lowest BCUT2D eigenvalue weighted by atomic mass is 10.1. The first-order valence-electron chi connectivity index (χ1n) is 9.36. The number of carbonyl (C=O) groups is 1. The summed E-state index contributed by atoms with van der Waals surface area (Å²) in [6, 6.07) is 3.99. The van der Waals surface area contributed by atoms with Gasteiger partial charge in [-0.2, -0.15) is 9.97 Å². The van der Waals surface area contributed by atoms with Crippen LogP contribution in [0, 0.1) is 0 Å². The Balaban J connectivity index is 1.51. The minimum Gasteiger partial charge on any atom is -0.480 e. The summed E-state index contributed by atoms with van der Waals surface area (Å²) in [6.45, 7) is 0.622. The van der Waals surface area contributed by atoms with Crippen LogP contribution in [0.25, 0.3) is 27.8 Å². The third-order valence-corrected chi connectivity index (χ3v) is 5.25. The van der Waals surface area contributed by atoms with Crippen molar-refractivity contribution in [2.24, 2.45) is 0 Å². The van der Waals surface area contributed by atoms with Crippen molar-refractivity contribution >= 4 is 28.5 Å². The van der Waals surface area contributed by atoms with Crippen LogP contribution in [0.2, 0.25) is 0 Å². The number of rotatable bonds is 4. The highest BCUT2D eigenvalue weighted by molar-refractivity contribution is 5.97. The van der Waals surface area contributed by atoms with E-state index in [9.17, 15) is 4.79 Å². The number of piperidine rings is 1. The molecule has 5 heterocycles. The number of likely N-dealkylation sites (N-methyl/N-ethyl adjacent to an activating group) is 1. The molecule has 1 saturated heterocycles. The molecule has 0 spiro atoms. The number of hydrogen-bond donors (Lipinski definition) is 2. The number of nitrogens with zero attached hydrogens (tertiary/aromatic N) is 6. The second-order valence-electron chi connectivity index (χ2n) is 7.15. The van der Waals surface area contributed by atoms with Crippen molar-refractivity contribution in [2.75, 3.05) is 26.0 Å². The standard InChI is InChI=1S/C19H20N8O2/c1-26-9-12(4-6-15(26)28)22-19-23-17-16(18(24-19)29-2)13(7-20-17)11-3-5-14-25-21-10-27(14)8-11/h3,5,7-8,10,12H,4,6,9H2,1-2H3,(H2,20,22,23,24)/t12-/m1/s1. The minimum atomic E-state index is 0.102. The van der Waals surface area contributed by atoms with Gasteiger partial charge in [0.25, 0.3) is 0 Å². The highest BCUT2D eigenvalue weighted by atomic mass is 16.5.